The van der Waals surface area contributed by atoms with Crippen LogP contribution in [0.4, 0.5) is 0 Å². The van der Waals surface area contributed by atoms with E-state index in [2.05, 4.69) is 24.6 Å². The molecular formula is C13H28N2O. The van der Waals surface area contributed by atoms with Gasteiger partial charge in [0.25, 0.3) is 0 Å². The van der Waals surface area contributed by atoms with Gasteiger partial charge in [0.15, 0.2) is 0 Å². The monoisotopic (exact) mass is 228 g/mol. The van der Waals surface area contributed by atoms with Gasteiger partial charge in [-0.1, -0.05) is 65.2 Å². The Balaban J connectivity index is 3.49. The molecule has 0 rings (SSSR count). The highest BCUT2D eigenvalue weighted by Gasteiger charge is 2.07. The third kappa shape index (κ3) is 9.94. The average molecular weight is 228 g/mol. The van der Waals surface area contributed by atoms with Crippen LogP contribution in [-0.4, -0.2) is 6.04 Å². The zero-order valence-corrected chi connectivity index (χ0v) is 11.0. The lowest BCUT2D eigenvalue weighted by Gasteiger charge is -2.14. The first kappa shape index (κ1) is 15.4. The fourth-order valence-electron chi connectivity index (χ4n) is 1.98. The summed E-state index contributed by atoms with van der Waals surface area (Å²) in [6, 6.07) is 0.311. The highest BCUT2D eigenvalue weighted by molar-refractivity contribution is 4.64. The van der Waals surface area contributed by atoms with E-state index in [0.717, 1.165) is 12.8 Å². The fourth-order valence-corrected chi connectivity index (χ4v) is 1.98. The summed E-state index contributed by atoms with van der Waals surface area (Å²) in [5.74, 6) is 0. The summed E-state index contributed by atoms with van der Waals surface area (Å²) in [6.45, 7) is 4.43. The van der Waals surface area contributed by atoms with Crippen molar-refractivity contribution in [2.75, 3.05) is 0 Å². The lowest BCUT2D eigenvalue weighted by molar-refractivity contribution is 0.422. The van der Waals surface area contributed by atoms with Crippen molar-refractivity contribution < 1.29 is 0 Å². The zero-order valence-electron chi connectivity index (χ0n) is 11.0. The van der Waals surface area contributed by atoms with Crippen molar-refractivity contribution in [2.24, 2.45) is 5.29 Å². The number of nitrogens with one attached hydrogen (secondary N) is 1. The summed E-state index contributed by atoms with van der Waals surface area (Å²) in [5, 5.41) is 2.83. The second kappa shape index (κ2) is 12.5. The molecule has 0 heterocycles. The van der Waals surface area contributed by atoms with Gasteiger partial charge in [-0.25, -0.2) is 0 Å². The second-order valence-corrected chi connectivity index (χ2v) is 4.62. The van der Waals surface area contributed by atoms with Crippen LogP contribution in [-0.2, 0) is 0 Å². The molecular weight excluding hydrogens is 200 g/mol. The van der Waals surface area contributed by atoms with Gasteiger partial charge in [0.05, 0.1) is 0 Å². The van der Waals surface area contributed by atoms with Gasteiger partial charge < -0.3 is 0 Å². The Morgan fingerprint density at radius 2 is 1.38 bits per heavy atom. The van der Waals surface area contributed by atoms with Gasteiger partial charge >= 0.3 is 0 Å². The smallest absolute Gasteiger partial charge is 0.0499 e. The zero-order chi connectivity index (χ0) is 12.1. The summed E-state index contributed by atoms with van der Waals surface area (Å²) in [4.78, 5) is 10.2. The summed E-state index contributed by atoms with van der Waals surface area (Å²) in [7, 11) is 0. The number of nitroso groups, excluding NO2 is 1. The number of rotatable bonds is 12. The molecule has 96 valence electrons. The van der Waals surface area contributed by atoms with Crippen LogP contribution in [0.5, 0.6) is 0 Å². The molecule has 0 saturated heterocycles. The van der Waals surface area contributed by atoms with Crippen LogP contribution in [0.15, 0.2) is 5.29 Å². The van der Waals surface area contributed by atoms with E-state index in [1.54, 1.807) is 0 Å². The molecule has 0 aromatic carbocycles. The first-order valence-corrected chi connectivity index (χ1v) is 6.93. The Morgan fingerprint density at radius 1 is 0.875 bits per heavy atom. The molecule has 3 heteroatoms. The van der Waals surface area contributed by atoms with Crippen molar-refractivity contribution in [1.29, 1.82) is 0 Å². The maximum absolute atomic E-state index is 10.2. The quantitative estimate of drug-likeness (QED) is 0.302. The Bertz CT molecular complexity index is 139. The molecule has 0 bridgehead atoms. The van der Waals surface area contributed by atoms with Crippen LogP contribution in [0.25, 0.3) is 0 Å². The van der Waals surface area contributed by atoms with Crippen LogP contribution in [0.3, 0.4) is 0 Å². The molecule has 0 aromatic heterocycles. The minimum absolute atomic E-state index is 0.311. The van der Waals surface area contributed by atoms with Gasteiger partial charge in [0.2, 0.25) is 0 Å². The molecule has 0 saturated carbocycles. The number of unbranched alkanes of at least 4 members (excludes halogenated alkanes) is 6. The van der Waals surface area contributed by atoms with Crippen molar-refractivity contribution >= 4 is 0 Å². The van der Waals surface area contributed by atoms with Crippen molar-refractivity contribution in [2.45, 2.75) is 84.1 Å². The van der Waals surface area contributed by atoms with Crippen molar-refractivity contribution in [3.63, 3.8) is 0 Å². The summed E-state index contributed by atoms with van der Waals surface area (Å²) in [6.07, 6.45) is 12.3. The summed E-state index contributed by atoms with van der Waals surface area (Å²) < 4.78 is 0. The molecule has 0 aliphatic carbocycles. The second-order valence-electron chi connectivity index (χ2n) is 4.62. The molecule has 0 aliphatic rings. The van der Waals surface area contributed by atoms with Crippen molar-refractivity contribution in [3.05, 3.63) is 4.91 Å². The van der Waals surface area contributed by atoms with Crippen molar-refractivity contribution in [3.8, 4) is 0 Å². The van der Waals surface area contributed by atoms with Gasteiger partial charge in [0.1, 0.15) is 0 Å². The maximum atomic E-state index is 10.2. The van der Waals surface area contributed by atoms with Gasteiger partial charge in [0, 0.05) is 11.3 Å². The van der Waals surface area contributed by atoms with Gasteiger partial charge in [-0.3, -0.25) is 5.43 Å². The topological polar surface area (TPSA) is 41.5 Å². The molecule has 0 atom stereocenters. The molecule has 0 fully saturated rings. The average Bonchev–Trinajstić information content (AvgIpc) is 2.30. The van der Waals surface area contributed by atoms with Crippen LogP contribution in [0, 0.1) is 4.91 Å². The van der Waals surface area contributed by atoms with E-state index < -0.39 is 0 Å². The van der Waals surface area contributed by atoms with E-state index >= 15 is 0 Å². The molecule has 0 unspecified atom stereocenters. The number of hydrogen-bond acceptors (Lipinski definition) is 2. The Kier molecular flexibility index (Phi) is 12.0. The maximum Gasteiger partial charge on any atom is 0.0499 e. The van der Waals surface area contributed by atoms with Gasteiger partial charge in [-0.2, -0.15) is 0 Å². The number of hydrogen-bond donors (Lipinski definition) is 1. The fraction of sp³-hybridized carbons (Fsp3) is 1.00. The highest BCUT2D eigenvalue weighted by atomic mass is 16.3. The van der Waals surface area contributed by atoms with Crippen LogP contribution < -0.4 is 5.43 Å². The standard InChI is InChI=1S/C13H28N2O/c1-3-5-7-9-11-13(14-15-16)12-10-8-6-4-2/h13H,3-12H2,1-2H3,(H,14,16). The van der Waals surface area contributed by atoms with E-state index in [1.165, 1.54) is 51.4 Å². The lowest BCUT2D eigenvalue weighted by Crippen LogP contribution is -2.23. The third-order valence-corrected chi connectivity index (χ3v) is 3.05. The molecule has 0 aromatic rings. The molecule has 3 nitrogen and oxygen atoms in total. The molecule has 16 heavy (non-hydrogen) atoms. The van der Waals surface area contributed by atoms with Gasteiger partial charge in [-0.05, 0) is 12.8 Å². The predicted octanol–water partition coefficient (Wildman–Crippen LogP) is 4.57. The molecule has 0 radical (unpaired) electrons. The molecule has 0 amide bonds. The molecule has 1 N–H and O–H groups in total. The van der Waals surface area contributed by atoms with E-state index in [4.69, 9.17) is 0 Å². The first-order valence-electron chi connectivity index (χ1n) is 6.93. The molecule has 0 aliphatic heterocycles. The lowest BCUT2D eigenvalue weighted by atomic mass is 10.0. The SMILES string of the molecule is CCCCCCC(CCCCCC)NN=O. The highest BCUT2D eigenvalue weighted by Crippen LogP contribution is 2.12. The first-order chi connectivity index (χ1) is 7.85. The van der Waals surface area contributed by atoms with E-state index in [9.17, 15) is 4.91 Å². The van der Waals surface area contributed by atoms with E-state index in [-0.39, 0.29) is 0 Å². The minimum atomic E-state index is 0.311. The normalized spacial score (nSPS) is 10.7. The third-order valence-electron chi connectivity index (χ3n) is 3.05. The van der Waals surface area contributed by atoms with E-state index in [0.29, 0.717) is 6.04 Å². The van der Waals surface area contributed by atoms with Crippen molar-refractivity contribution in [1.82, 2.24) is 5.43 Å². The largest absolute Gasteiger partial charge is 0.271 e. The Morgan fingerprint density at radius 3 is 1.75 bits per heavy atom. The minimum Gasteiger partial charge on any atom is -0.271 e. The van der Waals surface area contributed by atoms with Crippen LogP contribution in [0.1, 0.15) is 78.1 Å². The van der Waals surface area contributed by atoms with E-state index in [1.807, 2.05) is 0 Å². The Hall–Kier alpha value is -0.600. The Labute approximate surface area is 100 Å². The van der Waals surface area contributed by atoms with Gasteiger partial charge in [-0.15, -0.1) is 4.91 Å². The summed E-state index contributed by atoms with van der Waals surface area (Å²) in [5.41, 5.74) is 2.71. The predicted molar refractivity (Wildman–Crippen MR) is 70.2 cm³/mol. The summed E-state index contributed by atoms with van der Waals surface area (Å²) >= 11 is 0. The molecule has 0 spiro atoms. The number of nitrogens with zero attached hydrogens (tertiary/aromatic N) is 1. The van der Waals surface area contributed by atoms with Crippen LogP contribution in [0.2, 0.25) is 0 Å². The van der Waals surface area contributed by atoms with Crippen LogP contribution >= 0.6 is 0 Å².